The summed E-state index contributed by atoms with van der Waals surface area (Å²) in [5.74, 6) is -1.53. The average molecular weight is 537 g/mol. The Kier molecular flexibility index (Phi) is 8.16. The molecule has 0 aliphatic carbocycles. The largest absolute Gasteiger partial charge is 0.480 e. The molecule has 0 spiro atoms. The normalized spacial score (nSPS) is 25.3. The molecule has 3 rings (SSSR count). The molecular formula is C19H20N7O10P. The molecule has 196 valence electrons. The van der Waals surface area contributed by atoms with E-state index in [1.54, 1.807) is 0 Å². The van der Waals surface area contributed by atoms with E-state index in [0.717, 1.165) is 19.2 Å². The lowest BCUT2D eigenvalue weighted by atomic mass is 10.1. The van der Waals surface area contributed by atoms with Crippen molar-refractivity contribution in [2.24, 2.45) is 5.11 Å². The van der Waals surface area contributed by atoms with Crippen molar-refractivity contribution in [3.63, 3.8) is 0 Å². The van der Waals surface area contributed by atoms with Crippen molar-refractivity contribution in [1.29, 1.82) is 5.26 Å². The van der Waals surface area contributed by atoms with Gasteiger partial charge < -0.3 is 24.6 Å². The van der Waals surface area contributed by atoms with E-state index in [9.17, 15) is 34.3 Å². The number of carbonyl (C=O) groups is 1. The number of aromatic nitrogens is 2. The summed E-state index contributed by atoms with van der Waals surface area (Å²) in [5.41, 5.74) is 5.07. The summed E-state index contributed by atoms with van der Waals surface area (Å²) < 4.78 is 30.3. The van der Waals surface area contributed by atoms with E-state index in [0.29, 0.717) is 4.57 Å². The maximum atomic E-state index is 13.5. The molecule has 1 aliphatic rings. The van der Waals surface area contributed by atoms with E-state index < -0.39 is 61.8 Å². The second-order valence-electron chi connectivity index (χ2n) is 7.68. The molecule has 18 heteroatoms. The first-order valence-electron chi connectivity index (χ1n) is 10.3. The molecule has 0 bridgehead atoms. The van der Waals surface area contributed by atoms with Gasteiger partial charge in [-0.15, -0.1) is 0 Å². The van der Waals surface area contributed by atoms with Gasteiger partial charge in [-0.25, -0.2) is 9.36 Å². The molecule has 1 fully saturated rings. The lowest BCUT2D eigenvalue weighted by Crippen LogP contribution is -2.45. The quantitative estimate of drug-likeness (QED) is 0.115. The van der Waals surface area contributed by atoms with Crippen LogP contribution in [-0.2, 0) is 18.6 Å². The second-order valence-corrected chi connectivity index (χ2v) is 9.38. The standard InChI is InChI=1S/C19H20N7O10P/c1-10(17(30)31)23-37(33,36-12-4-2-11(8-20)3-5-12)34-9-19(24-25-21)15(29)14(28)16(35-19)26-7-6-13(27)22-18(26)32/h2-7,10,14-16,28-29H,9H2,1H3,(H,23,33)(H,30,31)(H,22,27,32)/t10-,14+,15-,16+,19+,37?/m0/s1. The van der Waals surface area contributed by atoms with Crippen LogP contribution in [0, 0.1) is 11.3 Å². The third-order valence-corrected chi connectivity index (χ3v) is 6.74. The fraction of sp³-hybridized carbons (Fsp3) is 0.368. The number of hydrogen-bond donors (Lipinski definition) is 5. The Morgan fingerprint density at radius 3 is 2.65 bits per heavy atom. The van der Waals surface area contributed by atoms with E-state index in [-0.39, 0.29) is 11.3 Å². The first-order valence-corrected chi connectivity index (χ1v) is 11.8. The molecule has 2 aromatic rings. The van der Waals surface area contributed by atoms with Crippen LogP contribution in [0.4, 0.5) is 0 Å². The predicted molar refractivity (Wildman–Crippen MR) is 121 cm³/mol. The van der Waals surface area contributed by atoms with E-state index in [4.69, 9.17) is 24.6 Å². The predicted octanol–water partition coefficient (Wildman–Crippen LogP) is -0.0681. The Morgan fingerprint density at radius 1 is 1.41 bits per heavy atom. The topological polar surface area (TPSA) is 262 Å². The molecule has 1 aliphatic heterocycles. The van der Waals surface area contributed by atoms with Crippen LogP contribution in [-0.4, -0.2) is 61.4 Å². The summed E-state index contributed by atoms with van der Waals surface area (Å²) in [6.07, 6.45) is -4.67. The number of carboxylic acid groups (broad SMARTS) is 1. The van der Waals surface area contributed by atoms with Gasteiger partial charge in [0.05, 0.1) is 18.2 Å². The number of nitrogens with one attached hydrogen (secondary N) is 2. The number of hydrogen-bond acceptors (Lipinski definition) is 11. The van der Waals surface area contributed by atoms with Crippen molar-refractivity contribution in [3.05, 3.63) is 73.4 Å². The summed E-state index contributed by atoms with van der Waals surface area (Å²) in [5, 5.41) is 44.8. The van der Waals surface area contributed by atoms with E-state index in [2.05, 4.69) is 15.1 Å². The zero-order chi connectivity index (χ0) is 27.4. The van der Waals surface area contributed by atoms with Crippen molar-refractivity contribution in [1.82, 2.24) is 14.6 Å². The number of aromatic amines is 1. The molecular weight excluding hydrogens is 517 g/mol. The highest BCUT2D eigenvalue weighted by Gasteiger charge is 2.56. The zero-order valence-corrected chi connectivity index (χ0v) is 19.8. The highest BCUT2D eigenvalue weighted by atomic mass is 31.2. The summed E-state index contributed by atoms with van der Waals surface area (Å²) in [6, 6.07) is 6.50. The zero-order valence-electron chi connectivity index (χ0n) is 18.9. The van der Waals surface area contributed by atoms with Crippen LogP contribution in [0.1, 0.15) is 18.7 Å². The Labute approximate surface area is 206 Å². The minimum absolute atomic E-state index is 0.101. The molecule has 6 atom stereocenters. The molecule has 1 aromatic carbocycles. The molecule has 1 unspecified atom stereocenters. The van der Waals surface area contributed by atoms with Crippen LogP contribution in [0.15, 0.2) is 51.2 Å². The van der Waals surface area contributed by atoms with Crippen LogP contribution in [0.2, 0.25) is 0 Å². The Bertz CT molecular complexity index is 1410. The summed E-state index contributed by atoms with van der Waals surface area (Å²) in [6.45, 7) is 0.0732. The number of rotatable bonds is 10. The lowest BCUT2D eigenvalue weighted by Gasteiger charge is -2.29. The van der Waals surface area contributed by atoms with E-state index in [1.165, 1.54) is 24.3 Å². The molecule has 2 heterocycles. The van der Waals surface area contributed by atoms with Crippen molar-refractivity contribution in [3.8, 4) is 11.8 Å². The summed E-state index contributed by atoms with van der Waals surface area (Å²) >= 11 is 0. The van der Waals surface area contributed by atoms with Gasteiger partial charge in [0.1, 0.15) is 24.0 Å². The Hall–Kier alpha value is -4.00. The van der Waals surface area contributed by atoms with Crippen molar-refractivity contribution in [2.45, 2.75) is 37.1 Å². The van der Waals surface area contributed by atoms with Gasteiger partial charge in [-0.1, -0.05) is 5.11 Å². The number of nitrogens with zero attached hydrogens (tertiary/aromatic N) is 5. The van der Waals surface area contributed by atoms with Crippen LogP contribution in [0.25, 0.3) is 10.4 Å². The molecule has 0 saturated carbocycles. The number of benzene rings is 1. The third kappa shape index (κ3) is 6.05. The number of H-pyrrole nitrogens is 1. The highest BCUT2D eigenvalue weighted by molar-refractivity contribution is 7.52. The SMILES string of the molecule is C[C@H](NP(=O)(OC[C@@]1(N=[N+]=[N-])O[C@@H](n2ccc(=O)[nH]c2=O)[C@H](O)[C@@H]1O)Oc1ccc(C#N)cc1)C(=O)O. The van der Waals surface area contributed by atoms with Gasteiger partial charge in [0.15, 0.2) is 6.23 Å². The van der Waals surface area contributed by atoms with E-state index >= 15 is 0 Å². The van der Waals surface area contributed by atoms with Crippen LogP contribution in [0.3, 0.4) is 0 Å². The summed E-state index contributed by atoms with van der Waals surface area (Å²) in [7, 11) is -4.63. The summed E-state index contributed by atoms with van der Waals surface area (Å²) in [4.78, 5) is 39.3. The number of nitriles is 1. The molecule has 0 amide bonds. The monoisotopic (exact) mass is 537 g/mol. The smallest absolute Gasteiger partial charge is 0.459 e. The molecule has 37 heavy (non-hydrogen) atoms. The van der Waals surface area contributed by atoms with E-state index in [1.807, 2.05) is 11.1 Å². The van der Waals surface area contributed by atoms with Gasteiger partial charge >= 0.3 is 19.4 Å². The molecule has 1 aromatic heterocycles. The Balaban J connectivity index is 1.93. The molecule has 17 nitrogen and oxygen atoms in total. The van der Waals surface area contributed by atoms with Gasteiger partial charge in [0.2, 0.25) is 5.72 Å². The lowest BCUT2D eigenvalue weighted by molar-refractivity contribution is -0.138. The van der Waals surface area contributed by atoms with Crippen molar-refractivity contribution in [2.75, 3.05) is 6.61 Å². The van der Waals surface area contributed by atoms with Gasteiger partial charge in [-0.05, 0) is 36.7 Å². The number of aliphatic carboxylic acids is 1. The first kappa shape index (κ1) is 27.6. The average Bonchev–Trinajstić information content (AvgIpc) is 3.09. The number of ether oxygens (including phenoxy) is 1. The molecule has 5 N–H and O–H groups in total. The van der Waals surface area contributed by atoms with Gasteiger partial charge in [0, 0.05) is 17.2 Å². The number of carboxylic acids is 1. The van der Waals surface area contributed by atoms with Gasteiger partial charge in [-0.2, -0.15) is 10.3 Å². The van der Waals surface area contributed by atoms with Crippen LogP contribution in [0.5, 0.6) is 5.75 Å². The fourth-order valence-corrected chi connectivity index (χ4v) is 4.73. The number of azide groups is 1. The molecule has 0 radical (unpaired) electrons. The fourth-order valence-electron chi connectivity index (χ4n) is 3.22. The maximum Gasteiger partial charge on any atom is 0.459 e. The maximum absolute atomic E-state index is 13.5. The number of aliphatic hydroxyl groups is 2. The van der Waals surface area contributed by atoms with Gasteiger partial charge in [0.25, 0.3) is 5.56 Å². The third-order valence-electron chi connectivity index (χ3n) is 5.11. The van der Waals surface area contributed by atoms with Crippen molar-refractivity contribution >= 4 is 13.7 Å². The minimum Gasteiger partial charge on any atom is -0.480 e. The molecule has 1 saturated heterocycles. The number of aliphatic hydroxyl groups excluding tert-OH is 2. The van der Waals surface area contributed by atoms with Crippen molar-refractivity contribution < 1.29 is 38.5 Å². The Morgan fingerprint density at radius 2 is 2.08 bits per heavy atom. The van der Waals surface area contributed by atoms with Crippen LogP contribution < -0.4 is 20.9 Å². The van der Waals surface area contributed by atoms with Gasteiger partial charge in [-0.3, -0.25) is 23.7 Å². The minimum atomic E-state index is -4.63. The first-order chi connectivity index (χ1) is 17.4. The van der Waals surface area contributed by atoms with Crippen LogP contribution >= 0.6 is 7.75 Å². The highest BCUT2D eigenvalue weighted by Crippen LogP contribution is 2.48. The second kappa shape index (κ2) is 10.9.